The van der Waals surface area contributed by atoms with Gasteiger partial charge in [0.2, 0.25) is 0 Å². The van der Waals surface area contributed by atoms with Crippen molar-refractivity contribution in [2.24, 2.45) is 5.92 Å². The van der Waals surface area contributed by atoms with E-state index in [1.807, 2.05) is 0 Å². The van der Waals surface area contributed by atoms with E-state index < -0.39 is 0 Å². The van der Waals surface area contributed by atoms with E-state index in [-0.39, 0.29) is 17.8 Å². The van der Waals surface area contributed by atoms with Crippen LogP contribution in [0.4, 0.5) is 0 Å². The lowest BCUT2D eigenvalue weighted by molar-refractivity contribution is -0.144. The van der Waals surface area contributed by atoms with Gasteiger partial charge in [0.05, 0.1) is 23.6 Å². The van der Waals surface area contributed by atoms with Crippen molar-refractivity contribution in [3.8, 4) is 0 Å². The first-order valence-corrected chi connectivity index (χ1v) is 5.98. The van der Waals surface area contributed by atoms with Gasteiger partial charge in [-0.15, -0.1) is 0 Å². The van der Waals surface area contributed by atoms with Crippen molar-refractivity contribution in [1.29, 1.82) is 0 Å². The van der Waals surface area contributed by atoms with Gasteiger partial charge < -0.3 is 9.64 Å². The summed E-state index contributed by atoms with van der Waals surface area (Å²) < 4.78 is 4.68. The van der Waals surface area contributed by atoms with Crippen LogP contribution in [0, 0.1) is 5.92 Å². The highest BCUT2D eigenvalue weighted by Crippen LogP contribution is 2.22. The van der Waals surface area contributed by atoms with E-state index >= 15 is 0 Å². The minimum Gasteiger partial charge on any atom is -0.469 e. The zero-order chi connectivity index (χ0) is 13.1. The second-order valence-corrected chi connectivity index (χ2v) is 4.52. The summed E-state index contributed by atoms with van der Waals surface area (Å²) in [6.07, 6.45) is 3.59. The molecule has 1 atom stereocenters. The van der Waals surface area contributed by atoms with E-state index in [0.717, 1.165) is 0 Å². The van der Waals surface area contributed by atoms with Crippen LogP contribution in [0.2, 0.25) is 5.02 Å². The van der Waals surface area contributed by atoms with Crippen molar-refractivity contribution < 1.29 is 14.3 Å². The molecule has 2 rings (SSSR count). The molecule has 1 unspecified atom stereocenters. The normalized spacial score (nSPS) is 18.8. The predicted molar refractivity (Wildman–Crippen MR) is 65.3 cm³/mol. The molecule has 2 heterocycles. The van der Waals surface area contributed by atoms with Crippen LogP contribution >= 0.6 is 11.6 Å². The van der Waals surface area contributed by atoms with Gasteiger partial charge in [-0.3, -0.25) is 14.6 Å². The van der Waals surface area contributed by atoms with Gasteiger partial charge in [-0.05, 0) is 12.5 Å². The second-order valence-electron chi connectivity index (χ2n) is 4.12. The van der Waals surface area contributed by atoms with Gasteiger partial charge in [0.25, 0.3) is 5.91 Å². The van der Waals surface area contributed by atoms with E-state index in [2.05, 4.69) is 9.72 Å². The summed E-state index contributed by atoms with van der Waals surface area (Å²) in [5.41, 5.74) is 0.365. The van der Waals surface area contributed by atoms with Crippen LogP contribution in [-0.2, 0) is 9.53 Å². The molecule has 1 aromatic heterocycles. The number of esters is 1. The fourth-order valence-corrected chi connectivity index (χ4v) is 2.19. The first-order chi connectivity index (χ1) is 8.63. The zero-order valence-corrected chi connectivity index (χ0v) is 10.7. The van der Waals surface area contributed by atoms with Crippen molar-refractivity contribution in [3.63, 3.8) is 0 Å². The van der Waals surface area contributed by atoms with Gasteiger partial charge in [-0.25, -0.2) is 0 Å². The number of methoxy groups -OCH3 is 1. The van der Waals surface area contributed by atoms with Crippen molar-refractivity contribution >= 4 is 23.5 Å². The van der Waals surface area contributed by atoms with Crippen LogP contribution in [-0.4, -0.2) is 42.0 Å². The standard InChI is InChI=1S/C12H13ClN2O3/c1-18-12(17)8-3-5-15(7-8)11(16)9-6-14-4-2-10(9)13/h2,4,6,8H,3,5,7H2,1H3. The second kappa shape index (κ2) is 5.35. The number of hydrogen-bond acceptors (Lipinski definition) is 4. The van der Waals surface area contributed by atoms with Crippen LogP contribution in [0.1, 0.15) is 16.8 Å². The van der Waals surface area contributed by atoms with Crippen molar-refractivity contribution in [2.75, 3.05) is 20.2 Å². The lowest BCUT2D eigenvalue weighted by atomic mass is 10.1. The third-order valence-electron chi connectivity index (χ3n) is 3.01. The van der Waals surface area contributed by atoms with Crippen molar-refractivity contribution in [2.45, 2.75) is 6.42 Å². The van der Waals surface area contributed by atoms with Crippen LogP contribution < -0.4 is 0 Å². The van der Waals surface area contributed by atoms with Crippen molar-refractivity contribution in [3.05, 3.63) is 29.0 Å². The highest BCUT2D eigenvalue weighted by atomic mass is 35.5. The number of hydrogen-bond donors (Lipinski definition) is 0. The number of rotatable bonds is 2. The molecule has 0 saturated carbocycles. The highest BCUT2D eigenvalue weighted by Gasteiger charge is 2.32. The summed E-state index contributed by atoms with van der Waals surface area (Å²) in [6.45, 7) is 0.903. The number of aromatic nitrogens is 1. The van der Waals surface area contributed by atoms with Gasteiger partial charge in [0.1, 0.15) is 0 Å². The van der Waals surface area contributed by atoms with Gasteiger partial charge in [0, 0.05) is 25.5 Å². The SMILES string of the molecule is COC(=O)C1CCN(C(=O)c2cnccc2Cl)C1. The van der Waals surface area contributed by atoms with Gasteiger partial charge in [-0.2, -0.15) is 0 Å². The average molecular weight is 269 g/mol. The summed E-state index contributed by atoms with van der Waals surface area (Å²) in [5.74, 6) is -0.712. The van der Waals surface area contributed by atoms with Gasteiger partial charge in [-0.1, -0.05) is 11.6 Å². The molecular weight excluding hydrogens is 256 g/mol. The molecule has 18 heavy (non-hydrogen) atoms. The fourth-order valence-electron chi connectivity index (χ4n) is 2.01. The number of ether oxygens (including phenoxy) is 1. The molecule has 1 aliphatic heterocycles. The first kappa shape index (κ1) is 12.8. The summed E-state index contributed by atoms with van der Waals surface area (Å²) >= 11 is 5.94. The lowest BCUT2D eigenvalue weighted by Gasteiger charge is -2.16. The number of nitrogens with zero attached hydrogens (tertiary/aromatic N) is 2. The summed E-state index contributed by atoms with van der Waals surface area (Å²) in [7, 11) is 1.35. The number of likely N-dealkylation sites (tertiary alicyclic amines) is 1. The average Bonchev–Trinajstić information content (AvgIpc) is 2.87. The maximum absolute atomic E-state index is 12.2. The molecule has 0 N–H and O–H groups in total. The zero-order valence-electron chi connectivity index (χ0n) is 9.93. The maximum atomic E-state index is 12.2. The summed E-state index contributed by atoms with van der Waals surface area (Å²) in [6, 6.07) is 1.57. The largest absolute Gasteiger partial charge is 0.469 e. The maximum Gasteiger partial charge on any atom is 0.310 e. The van der Waals surface area contributed by atoms with Crippen LogP contribution in [0.5, 0.6) is 0 Å². The van der Waals surface area contributed by atoms with Crippen LogP contribution in [0.3, 0.4) is 0 Å². The van der Waals surface area contributed by atoms with Gasteiger partial charge in [0.15, 0.2) is 0 Å². The van der Waals surface area contributed by atoms with Crippen molar-refractivity contribution in [1.82, 2.24) is 9.88 Å². The third kappa shape index (κ3) is 2.46. The smallest absolute Gasteiger partial charge is 0.310 e. The lowest BCUT2D eigenvalue weighted by Crippen LogP contribution is -2.30. The number of carbonyl (C=O) groups excluding carboxylic acids is 2. The Balaban J connectivity index is 2.08. The Hall–Kier alpha value is -1.62. The molecule has 1 aliphatic rings. The first-order valence-electron chi connectivity index (χ1n) is 5.60. The fraction of sp³-hybridized carbons (Fsp3) is 0.417. The minimum atomic E-state index is -0.275. The number of amides is 1. The summed E-state index contributed by atoms with van der Waals surface area (Å²) in [4.78, 5) is 29.0. The molecular formula is C12H13ClN2O3. The molecule has 1 amide bonds. The molecule has 1 fully saturated rings. The molecule has 0 bridgehead atoms. The Bertz CT molecular complexity index is 478. The molecule has 0 spiro atoms. The third-order valence-corrected chi connectivity index (χ3v) is 3.34. The Morgan fingerprint density at radius 2 is 2.33 bits per heavy atom. The molecule has 96 valence electrons. The molecule has 0 aromatic carbocycles. The molecule has 0 radical (unpaired) electrons. The van der Waals surface area contributed by atoms with E-state index in [4.69, 9.17) is 11.6 Å². The number of pyridine rings is 1. The Kier molecular flexibility index (Phi) is 3.81. The summed E-state index contributed by atoms with van der Waals surface area (Å²) in [5, 5.41) is 0.372. The molecule has 1 saturated heterocycles. The molecule has 1 aromatic rings. The highest BCUT2D eigenvalue weighted by molar-refractivity contribution is 6.33. The number of carbonyl (C=O) groups is 2. The molecule has 0 aliphatic carbocycles. The monoisotopic (exact) mass is 268 g/mol. The van der Waals surface area contributed by atoms with Gasteiger partial charge >= 0.3 is 5.97 Å². The molecule has 6 heteroatoms. The van der Waals surface area contributed by atoms with E-state index in [1.165, 1.54) is 19.5 Å². The van der Waals surface area contributed by atoms with E-state index in [9.17, 15) is 9.59 Å². The quantitative estimate of drug-likeness (QED) is 0.760. The minimum absolute atomic E-state index is 0.195. The number of halogens is 1. The van der Waals surface area contributed by atoms with Crippen LogP contribution in [0.25, 0.3) is 0 Å². The Labute approximate surface area is 110 Å². The molecule has 5 nitrogen and oxygen atoms in total. The van der Waals surface area contributed by atoms with E-state index in [0.29, 0.717) is 30.1 Å². The topological polar surface area (TPSA) is 59.5 Å². The van der Waals surface area contributed by atoms with Crippen LogP contribution in [0.15, 0.2) is 18.5 Å². The Morgan fingerprint density at radius 3 is 3.00 bits per heavy atom. The predicted octanol–water partition coefficient (Wildman–Crippen LogP) is 1.37. The van der Waals surface area contributed by atoms with E-state index in [1.54, 1.807) is 11.0 Å². The Morgan fingerprint density at radius 1 is 1.56 bits per heavy atom.